The smallest absolute Gasteiger partial charge is 0.223 e. The van der Waals surface area contributed by atoms with E-state index >= 15 is 0 Å². The van der Waals surface area contributed by atoms with E-state index in [1.165, 1.54) is 0 Å². The highest BCUT2D eigenvalue weighted by Gasteiger charge is 2.48. The number of carbonyl (C=O) groups excluding carboxylic acids is 2. The maximum Gasteiger partial charge on any atom is 0.223 e. The van der Waals surface area contributed by atoms with E-state index in [0.29, 0.717) is 38.5 Å². The first kappa shape index (κ1) is 18.2. The molecule has 0 atom stereocenters. The second kappa shape index (κ2) is 7.32. The second-order valence-corrected chi connectivity index (χ2v) is 7.61. The van der Waals surface area contributed by atoms with Gasteiger partial charge in [0, 0.05) is 0 Å². The van der Waals surface area contributed by atoms with E-state index in [9.17, 15) is 9.59 Å². The molecule has 136 valence electrons. The van der Waals surface area contributed by atoms with Gasteiger partial charge in [0.2, 0.25) is 11.8 Å². The summed E-state index contributed by atoms with van der Waals surface area (Å²) in [5, 5.41) is 0. The van der Waals surface area contributed by atoms with Crippen LogP contribution in [0.15, 0.2) is 60.7 Å². The fraction of sp³-hybridized carbons (Fsp3) is 0.364. The molecule has 2 aromatic rings. The average molecular weight is 350 g/mol. The number of carbonyl (C=O) groups is 2. The molecule has 26 heavy (non-hydrogen) atoms. The van der Waals surface area contributed by atoms with Gasteiger partial charge in [0.15, 0.2) is 0 Å². The van der Waals surface area contributed by atoms with Crippen LogP contribution in [0.2, 0.25) is 0 Å². The number of hydrogen-bond donors (Lipinski definition) is 2. The van der Waals surface area contributed by atoms with Crippen molar-refractivity contribution in [1.29, 1.82) is 0 Å². The first-order chi connectivity index (χ1) is 12.5. The number of amides is 2. The van der Waals surface area contributed by atoms with Crippen molar-refractivity contribution in [1.82, 2.24) is 0 Å². The van der Waals surface area contributed by atoms with Crippen LogP contribution in [0.25, 0.3) is 0 Å². The summed E-state index contributed by atoms with van der Waals surface area (Å²) in [5.41, 5.74) is 12.6. The maximum absolute atomic E-state index is 12.3. The van der Waals surface area contributed by atoms with Gasteiger partial charge < -0.3 is 11.5 Å². The molecule has 0 saturated heterocycles. The lowest BCUT2D eigenvalue weighted by Gasteiger charge is -2.43. The van der Waals surface area contributed by atoms with Gasteiger partial charge in [0.25, 0.3) is 0 Å². The first-order valence-electron chi connectivity index (χ1n) is 9.14. The largest absolute Gasteiger partial charge is 0.369 e. The standard InChI is InChI=1S/C22H26N2O2/c23-19(25)21(15-17-7-3-1-4-8-17)11-13-22(14-12-21,20(24)26)16-18-9-5-2-6-10-18/h1-10H,11-16H2,(H2,23,25)(H2,24,26). The van der Waals surface area contributed by atoms with Crippen LogP contribution < -0.4 is 11.5 Å². The Labute approximate surface area is 154 Å². The lowest BCUT2D eigenvalue weighted by molar-refractivity contribution is -0.138. The normalized spacial score (nSPS) is 25.5. The molecular formula is C22H26N2O2. The number of benzene rings is 2. The minimum absolute atomic E-state index is 0.279. The van der Waals surface area contributed by atoms with Crippen molar-refractivity contribution in [2.45, 2.75) is 38.5 Å². The molecule has 1 aliphatic carbocycles. The topological polar surface area (TPSA) is 86.2 Å². The van der Waals surface area contributed by atoms with E-state index in [1.807, 2.05) is 60.7 Å². The Bertz CT molecular complexity index is 696. The Hall–Kier alpha value is -2.62. The van der Waals surface area contributed by atoms with Gasteiger partial charge in [-0.15, -0.1) is 0 Å². The average Bonchev–Trinajstić information content (AvgIpc) is 2.65. The molecule has 4 heteroatoms. The molecule has 0 spiro atoms. The van der Waals surface area contributed by atoms with E-state index in [2.05, 4.69) is 0 Å². The molecule has 4 nitrogen and oxygen atoms in total. The summed E-state index contributed by atoms with van der Waals surface area (Å²) in [7, 11) is 0. The summed E-state index contributed by atoms with van der Waals surface area (Å²) in [6.45, 7) is 0. The lowest BCUT2D eigenvalue weighted by Crippen LogP contribution is -2.49. The summed E-state index contributed by atoms with van der Waals surface area (Å²) in [5.74, 6) is -0.557. The molecule has 2 amide bonds. The van der Waals surface area contributed by atoms with Gasteiger partial charge in [-0.3, -0.25) is 9.59 Å². The number of rotatable bonds is 6. The Morgan fingerprint density at radius 2 is 0.962 bits per heavy atom. The monoisotopic (exact) mass is 350 g/mol. The van der Waals surface area contributed by atoms with Crippen molar-refractivity contribution in [3.05, 3.63) is 71.8 Å². The van der Waals surface area contributed by atoms with Crippen LogP contribution in [-0.2, 0) is 22.4 Å². The van der Waals surface area contributed by atoms with Crippen LogP contribution in [0.1, 0.15) is 36.8 Å². The van der Waals surface area contributed by atoms with Gasteiger partial charge in [-0.1, -0.05) is 60.7 Å². The summed E-state index contributed by atoms with van der Waals surface area (Å²) in [6.07, 6.45) is 3.59. The highest BCUT2D eigenvalue weighted by molar-refractivity contribution is 5.84. The van der Waals surface area contributed by atoms with Crippen molar-refractivity contribution in [3.8, 4) is 0 Å². The Morgan fingerprint density at radius 3 is 1.23 bits per heavy atom. The van der Waals surface area contributed by atoms with Gasteiger partial charge in [-0.05, 0) is 49.7 Å². The third-order valence-electron chi connectivity index (χ3n) is 5.98. The van der Waals surface area contributed by atoms with Gasteiger partial charge in [-0.2, -0.15) is 0 Å². The summed E-state index contributed by atoms with van der Waals surface area (Å²) >= 11 is 0. The molecule has 1 fully saturated rings. The zero-order chi connectivity index (χ0) is 18.6. The fourth-order valence-corrected chi connectivity index (χ4v) is 4.20. The van der Waals surface area contributed by atoms with Gasteiger partial charge in [0.05, 0.1) is 10.8 Å². The summed E-state index contributed by atoms with van der Waals surface area (Å²) in [4.78, 5) is 24.7. The van der Waals surface area contributed by atoms with Gasteiger partial charge in [0.1, 0.15) is 0 Å². The van der Waals surface area contributed by atoms with Crippen LogP contribution in [0.5, 0.6) is 0 Å². The highest BCUT2D eigenvalue weighted by atomic mass is 16.2. The molecule has 3 rings (SSSR count). The van der Waals surface area contributed by atoms with E-state index < -0.39 is 10.8 Å². The van der Waals surface area contributed by atoms with Crippen molar-refractivity contribution in [2.24, 2.45) is 22.3 Å². The zero-order valence-corrected chi connectivity index (χ0v) is 15.0. The SMILES string of the molecule is NC(=O)C1(Cc2ccccc2)CCC(Cc2ccccc2)(C(N)=O)CC1. The predicted octanol–water partition coefficient (Wildman–Crippen LogP) is 2.99. The third kappa shape index (κ3) is 3.64. The molecule has 0 aromatic heterocycles. The Kier molecular flexibility index (Phi) is 5.12. The zero-order valence-electron chi connectivity index (χ0n) is 15.0. The van der Waals surface area contributed by atoms with Crippen molar-refractivity contribution < 1.29 is 9.59 Å². The second-order valence-electron chi connectivity index (χ2n) is 7.61. The van der Waals surface area contributed by atoms with Crippen LogP contribution in [0.3, 0.4) is 0 Å². The van der Waals surface area contributed by atoms with Crippen molar-refractivity contribution in [3.63, 3.8) is 0 Å². The molecule has 1 aliphatic rings. The molecule has 2 aromatic carbocycles. The van der Waals surface area contributed by atoms with E-state index in [1.54, 1.807) is 0 Å². The molecule has 0 bridgehead atoms. The van der Waals surface area contributed by atoms with Gasteiger partial charge in [-0.25, -0.2) is 0 Å². The first-order valence-corrected chi connectivity index (χ1v) is 9.14. The molecule has 1 saturated carbocycles. The number of primary amides is 2. The molecular weight excluding hydrogens is 324 g/mol. The molecule has 0 unspecified atom stereocenters. The Balaban J connectivity index is 1.81. The van der Waals surface area contributed by atoms with Crippen LogP contribution in [-0.4, -0.2) is 11.8 Å². The maximum atomic E-state index is 12.3. The summed E-state index contributed by atoms with van der Waals surface area (Å²) < 4.78 is 0. The van der Waals surface area contributed by atoms with Crippen LogP contribution in [0, 0.1) is 10.8 Å². The minimum atomic E-state index is -0.600. The molecule has 0 heterocycles. The van der Waals surface area contributed by atoms with Crippen molar-refractivity contribution >= 4 is 11.8 Å². The summed E-state index contributed by atoms with van der Waals surface area (Å²) in [6, 6.07) is 19.9. The molecule has 4 N–H and O–H groups in total. The fourth-order valence-electron chi connectivity index (χ4n) is 4.20. The van der Waals surface area contributed by atoms with Gasteiger partial charge >= 0.3 is 0 Å². The number of hydrogen-bond acceptors (Lipinski definition) is 2. The van der Waals surface area contributed by atoms with E-state index in [0.717, 1.165) is 11.1 Å². The predicted molar refractivity (Wildman–Crippen MR) is 102 cm³/mol. The Morgan fingerprint density at radius 1 is 0.654 bits per heavy atom. The quantitative estimate of drug-likeness (QED) is 0.839. The van der Waals surface area contributed by atoms with E-state index in [-0.39, 0.29) is 11.8 Å². The highest BCUT2D eigenvalue weighted by Crippen LogP contribution is 2.48. The molecule has 0 aliphatic heterocycles. The van der Waals surface area contributed by atoms with E-state index in [4.69, 9.17) is 11.5 Å². The third-order valence-corrected chi connectivity index (χ3v) is 5.98. The molecule has 0 radical (unpaired) electrons. The van der Waals surface area contributed by atoms with Crippen molar-refractivity contribution in [2.75, 3.05) is 0 Å². The number of nitrogens with two attached hydrogens (primary N) is 2. The lowest BCUT2D eigenvalue weighted by atomic mass is 9.59. The van der Waals surface area contributed by atoms with Crippen LogP contribution >= 0.6 is 0 Å². The minimum Gasteiger partial charge on any atom is -0.369 e. The van der Waals surface area contributed by atoms with Crippen LogP contribution in [0.4, 0.5) is 0 Å².